The molecule has 4 aromatic rings. The molecular formula is C22H14F3N3O5S. The van der Waals surface area contributed by atoms with Gasteiger partial charge < -0.3 is 4.18 Å². The first kappa shape index (κ1) is 23.0. The maximum absolute atomic E-state index is 13.1. The van der Waals surface area contributed by atoms with Crippen molar-refractivity contribution in [2.75, 3.05) is 0 Å². The van der Waals surface area contributed by atoms with Crippen LogP contribution in [0.15, 0.2) is 89.8 Å². The number of benzene rings is 3. The molecule has 0 spiro atoms. The Morgan fingerprint density at radius 3 is 2.21 bits per heavy atom. The highest BCUT2D eigenvalue weighted by molar-refractivity contribution is 7.87. The van der Waals surface area contributed by atoms with Crippen LogP contribution >= 0.6 is 0 Å². The van der Waals surface area contributed by atoms with Crippen LogP contribution in [0, 0.1) is 10.1 Å². The topological polar surface area (TPSA) is 104 Å². The van der Waals surface area contributed by atoms with E-state index in [4.69, 9.17) is 4.18 Å². The molecule has 0 N–H and O–H groups in total. The number of hydrogen-bond acceptors (Lipinski definition) is 6. The minimum absolute atomic E-state index is 0.196. The third-order valence-electron chi connectivity index (χ3n) is 4.70. The van der Waals surface area contributed by atoms with Gasteiger partial charge in [0.15, 0.2) is 0 Å². The maximum atomic E-state index is 13.1. The first-order valence-electron chi connectivity index (χ1n) is 9.57. The lowest BCUT2D eigenvalue weighted by Gasteiger charge is -2.11. The molecular weight excluding hydrogens is 475 g/mol. The zero-order valence-electron chi connectivity index (χ0n) is 17.0. The molecule has 0 aliphatic heterocycles. The van der Waals surface area contributed by atoms with Gasteiger partial charge in [0.25, 0.3) is 5.69 Å². The van der Waals surface area contributed by atoms with Gasteiger partial charge in [-0.05, 0) is 30.3 Å². The van der Waals surface area contributed by atoms with Crippen LogP contribution in [0.2, 0.25) is 0 Å². The van der Waals surface area contributed by atoms with Crippen molar-refractivity contribution in [3.8, 4) is 22.8 Å². The third kappa shape index (κ3) is 4.76. The molecule has 0 radical (unpaired) electrons. The lowest BCUT2D eigenvalue weighted by molar-refractivity contribution is -0.384. The fourth-order valence-corrected chi connectivity index (χ4v) is 4.02. The Labute approximate surface area is 191 Å². The number of hydrogen-bond donors (Lipinski definition) is 0. The number of non-ortho nitro benzene ring substituents is 1. The van der Waals surface area contributed by atoms with Crippen LogP contribution in [0.4, 0.5) is 18.9 Å². The summed E-state index contributed by atoms with van der Waals surface area (Å²) in [4.78, 5) is 9.65. The van der Waals surface area contributed by atoms with Gasteiger partial charge in [-0.1, -0.05) is 36.4 Å². The highest BCUT2D eigenvalue weighted by Gasteiger charge is 2.32. The molecule has 0 fully saturated rings. The molecule has 0 bridgehead atoms. The molecule has 0 unspecified atom stereocenters. The molecule has 0 amide bonds. The molecule has 0 saturated heterocycles. The fourth-order valence-electron chi connectivity index (χ4n) is 3.06. The molecule has 0 saturated carbocycles. The average molecular weight is 489 g/mol. The summed E-state index contributed by atoms with van der Waals surface area (Å²) in [7, 11) is -4.69. The maximum Gasteiger partial charge on any atom is 0.416 e. The minimum Gasteiger partial charge on any atom is -0.358 e. The summed E-state index contributed by atoms with van der Waals surface area (Å²) in [6.07, 6.45) is -4.74. The fraction of sp³-hybridized carbons (Fsp3) is 0.0455. The number of nitrogens with zero attached hydrogens (tertiary/aromatic N) is 3. The largest absolute Gasteiger partial charge is 0.416 e. The van der Waals surface area contributed by atoms with E-state index in [1.165, 1.54) is 30.3 Å². The summed E-state index contributed by atoms with van der Waals surface area (Å²) in [5, 5.41) is 15.3. The molecule has 0 aliphatic rings. The zero-order valence-corrected chi connectivity index (χ0v) is 17.8. The first-order valence-corrected chi connectivity index (χ1v) is 11.0. The molecule has 1 heterocycles. The second kappa shape index (κ2) is 8.63. The lowest BCUT2D eigenvalue weighted by Crippen LogP contribution is -2.14. The number of rotatable bonds is 6. The Morgan fingerprint density at radius 2 is 1.59 bits per heavy atom. The van der Waals surface area contributed by atoms with Crippen LogP contribution in [0.3, 0.4) is 0 Å². The molecule has 0 aliphatic carbocycles. The van der Waals surface area contributed by atoms with Gasteiger partial charge in [0, 0.05) is 23.8 Å². The second-order valence-electron chi connectivity index (χ2n) is 6.98. The Kier molecular flexibility index (Phi) is 5.83. The highest BCUT2D eigenvalue weighted by Crippen LogP contribution is 2.32. The van der Waals surface area contributed by atoms with Crippen LogP contribution in [0.1, 0.15) is 5.56 Å². The molecule has 1 aromatic heterocycles. The third-order valence-corrected chi connectivity index (χ3v) is 5.92. The number of alkyl halides is 3. The highest BCUT2D eigenvalue weighted by atomic mass is 32.2. The Morgan fingerprint density at radius 1 is 0.912 bits per heavy atom. The van der Waals surface area contributed by atoms with Gasteiger partial charge in [0.05, 0.1) is 21.9 Å². The number of nitro benzene ring substituents is 1. The standard InChI is InChI=1S/C22H14F3N3O5S/c23-22(24,25)16-7-4-8-19(13-16)34(31,32)33-21-14-20(15-5-2-1-3-6-15)26-27(21)17-9-11-18(12-10-17)28(29)30/h1-14H. The van der Waals surface area contributed by atoms with Crippen LogP contribution in [-0.2, 0) is 16.3 Å². The predicted octanol–water partition coefficient (Wildman–Crippen LogP) is 5.23. The molecule has 0 atom stereocenters. The van der Waals surface area contributed by atoms with Crippen molar-refractivity contribution >= 4 is 15.8 Å². The summed E-state index contributed by atoms with van der Waals surface area (Å²) in [5.41, 5.74) is -0.177. The summed E-state index contributed by atoms with van der Waals surface area (Å²) in [6.45, 7) is 0. The number of aromatic nitrogens is 2. The minimum atomic E-state index is -4.74. The van der Waals surface area contributed by atoms with Crippen molar-refractivity contribution < 1.29 is 30.7 Å². The second-order valence-corrected chi connectivity index (χ2v) is 8.53. The van der Waals surface area contributed by atoms with E-state index in [1.807, 2.05) is 0 Å². The molecule has 8 nitrogen and oxygen atoms in total. The van der Waals surface area contributed by atoms with Gasteiger partial charge in [0.2, 0.25) is 5.88 Å². The van der Waals surface area contributed by atoms with Gasteiger partial charge in [0.1, 0.15) is 4.90 Å². The van der Waals surface area contributed by atoms with E-state index < -0.39 is 31.7 Å². The van der Waals surface area contributed by atoms with Crippen molar-refractivity contribution in [3.05, 3.63) is 101 Å². The summed E-state index contributed by atoms with van der Waals surface area (Å²) >= 11 is 0. The Bertz CT molecular complexity index is 1450. The predicted molar refractivity (Wildman–Crippen MR) is 115 cm³/mol. The van der Waals surface area contributed by atoms with Crippen LogP contribution in [0.25, 0.3) is 16.9 Å². The quantitative estimate of drug-likeness (QED) is 0.209. The van der Waals surface area contributed by atoms with Crippen molar-refractivity contribution in [1.82, 2.24) is 9.78 Å². The van der Waals surface area contributed by atoms with E-state index >= 15 is 0 Å². The van der Waals surface area contributed by atoms with Crippen molar-refractivity contribution in [2.45, 2.75) is 11.1 Å². The lowest BCUT2D eigenvalue weighted by atomic mass is 10.2. The van der Waals surface area contributed by atoms with E-state index in [0.717, 1.165) is 22.9 Å². The Balaban J connectivity index is 1.79. The van der Waals surface area contributed by atoms with E-state index in [9.17, 15) is 31.7 Å². The van der Waals surface area contributed by atoms with Crippen LogP contribution in [0.5, 0.6) is 5.88 Å². The van der Waals surface area contributed by atoms with Gasteiger partial charge in [-0.3, -0.25) is 10.1 Å². The van der Waals surface area contributed by atoms with Gasteiger partial charge in [-0.2, -0.15) is 31.4 Å². The summed E-state index contributed by atoms with van der Waals surface area (Å²) in [5.74, 6) is -0.315. The van der Waals surface area contributed by atoms with Gasteiger partial charge >= 0.3 is 16.3 Å². The average Bonchev–Trinajstić information content (AvgIpc) is 3.22. The van der Waals surface area contributed by atoms with Gasteiger partial charge in [-0.25, -0.2) is 0 Å². The van der Waals surface area contributed by atoms with Crippen LogP contribution < -0.4 is 4.18 Å². The SMILES string of the molecule is O=[N+]([O-])c1ccc(-n2nc(-c3ccccc3)cc2OS(=O)(=O)c2cccc(C(F)(F)F)c2)cc1. The van der Waals surface area contributed by atoms with E-state index in [1.54, 1.807) is 30.3 Å². The molecule has 3 aromatic carbocycles. The smallest absolute Gasteiger partial charge is 0.358 e. The van der Waals surface area contributed by atoms with E-state index in [-0.39, 0.29) is 17.3 Å². The van der Waals surface area contributed by atoms with Crippen molar-refractivity contribution in [3.63, 3.8) is 0 Å². The normalized spacial score (nSPS) is 11.9. The number of halogens is 3. The number of nitro groups is 1. The van der Waals surface area contributed by atoms with E-state index in [0.29, 0.717) is 17.3 Å². The van der Waals surface area contributed by atoms with Gasteiger partial charge in [-0.15, -0.1) is 0 Å². The zero-order chi connectivity index (χ0) is 24.5. The molecule has 4 rings (SSSR count). The van der Waals surface area contributed by atoms with Crippen molar-refractivity contribution in [2.24, 2.45) is 0 Å². The molecule has 34 heavy (non-hydrogen) atoms. The van der Waals surface area contributed by atoms with Crippen LogP contribution in [-0.4, -0.2) is 23.1 Å². The monoisotopic (exact) mass is 489 g/mol. The molecule has 12 heteroatoms. The Hall–Kier alpha value is -4.19. The molecule has 174 valence electrons. The summed E-state index contributed by atoms with van der Waals surface area (Å²) in [6, 6.07) is 18.2. The summed E-state index contributed by atoms with van der Waals surface area (Å²) < 4.78 is 71.1. The van der Waals surface area contributed by atoms with E-state index in [2.05, 4.69) is 5.10 Å². The van der Waals surface area contributed by atoms with Crippen molar-refractivity contribution in [1.29, 1.82) is 0 Å². The first-order chi connectivity index (χ1) is 16.0.